The van der Waals surface area contributed by atoms with Crippen molar-refractivity contribution in [2.45, 2.75) is 0 Å². The Hall–Kier alpha value is -3.26. The Morgan fingerprint density at radius 3 is 2.08 bits per heavy atom. The molecule has 0 N–H and O–H groups in total. The van der Waals surface area contributed by atoms with Gasteiger partial charge in [0.2, 0.25) is 0 Å². The molecule has 0 fully saturated rings. The quantitative estimate of drug-likeness (QED) is 0.347. The van der Waals surface area contributed by atoms with Crippen LogP contribution in [0.15, 0.2) is 97.5 Å². The molecule has 0 aliphatic carbocycles. The summed E-state index contributed by atoms with van der Waals surface area (Å²) in [6, 6.07) is 26.8. The number of aromatic nitrogens is 2. The van der Waals surface area contributed by atoms with Gasteiger partial charge in [-0.1, -0.05) is 60.7 Å². The molecule has 24 heavy (non-hydrogen) atoms. The number of benzene rings is 3. The number of nitrogens with zero attached hydrogens (tertiary/aromatic N) is 2. The van der Waals surface area contributed by atoms with E-state index in [2.05, 4.69) is 58.5 Å². The number of hydrogen-bond donors (Lipinski definition) is 0. The van der Waals surface area contributed by atoms with Gasteiger partial charge in [0, 0.05) is 29.4 Å². The summed E-state index contributed by atoms with van der Waals surface area (Å²) in [5.74, 6) is 0. The van der Waals surface area contributed by atoms with Crippen LogP contribution in [-0.4, -0.2) is 9.97 Å². The minimum absolute atomic E-state index is 1.06. The summed E-state index contributed by atoms with van der Waals surface area (Å²) in [6.07, 6.45) is 5.57. The molecule has 0 aliphatic heterocycles. The molecular formula is C22H16N2. The number of hydrogen-bond acceptors (Lipinski definition) is 2. The van der Waals surface area contributed by atoms with Gasteiger partial charge in [-0.05, 0) is 34.4 Å². The van der Waals surface area contributed by atoms with E-state index in [0.29, 0.717) is 0 Å². The zero-order chi connectivity index (χ0) is 16.2. The van der Waals surface area contributed by atoms with E-state index >= 15 is 0 Å². The Morgan fingerprint density at radius 1 is 0.500 bits per heavy atom. The first-order chi connectivity index (χ1) is 11.9. The molecule has 0 spiro atoms. The number of fused-ring (bicyclic) bond motifs is 4. The lowest BCUT2D eigenvalue weighted by Crippen LogP contribution is -1.78. The van der Waals surface area contributed by atoms with Crippen LogP contribution in [0.3, 0.4) is 0 Å². The topological polar surface area (TPSA) is 25.8 Å². The zero-order valence-electron chi connectivity index (χ0n) is 13.1. The van der Waals surface area contributed by atoms with Gasteiger partial charge in [0.15, 0.2) is 0 Å². The highest BCUT2D eigenvalue weighted by Crippen LogP contribution is 2.23. The molecule has 0 saturated heterocycles. The van der Waals surface area contributed by atoms with E-state index in [0.717, 1.165) is 5.52 Å². The van der Waals surface area contributed by atoms with Gasteiger partial charge < -0.3 is 0 Å². The van der Waals surface area contributed by atoms with Crippen LogP contribution >= 0.6 is 0 Å². The van der Waals surface area contributed by atoms with Crippen molar-refractivity contribution in [1.82, 2.24) is 9.97 Å². The highest BCUT2D eigenvalue weighted by molar-refractivity contribution is 6.06. The maximum Gasteiger partial charge on any atom is 0.0701 e. The van der Waals surface area contributed by atoms with Crippen LogP contribution in [0.1, 0.15) is 0 Å². The summed E-state index contributed by atoms with van der Waals surface area (Å²) in [4.78, 5) is 8.34. The van der Waals surface area contributed by atoms with Crippen LogP contribution in [0.2, 0.25) is 0 Å². The standard InChI is InChI=1S/C13H9N.C9H7N/c1-2-4-12-10(3-1)5-6-11-7-8-14-9-13(11)12;1-2-6-9-8(4-1)5-3-7-10-9/h1-9H;1-7H. The van der Waals surface area contributed by atoms with E-state index in [1.807, 2.05) is 48.9 Å². The molecule has 2 heterocycles. The third-order valence-corrected chi connectivity index (χ3v) is 4.06. The summed E-state index contributed by atoms with van der Waals surface area (Å²) in [5, 5.41) is 6.22. The fraction of sp³-hybridized carbons (Fsp3) is 0. The second kappa shape index (κ2) is 6.47. The van der Waals surface area contributed by atoms with Crippen molar-refractivity contribution in [3.8, 4) is 0 Å². The van der Waals surface area contributed by atoms with E-state index in [9.17, 15) is 0 Å². The molecule has 0 bridgehead atoms. The van der Waals surface area contributed by atoms with Crippen LogP contribution < -0.4 is 0 Å². The fourth-order valence-electron chi connectivity index (χ4n) is 2.86. The Balaban J connectivity index is 0.000000129. The molecule has 2 aromatic heterocycles. The van der Waals surface area contributed by atoms with E-state index in [-0.39, 0.29) is 0 Å². The average molecular weight is 308 g/mol. The Bertz CT molecular complexity index is 996. The largest absolute Gasteiger partial charge is 0.264 e. The lowest BCUT2D eigenvalue weighted by Gasteiger charge is -2.01. The smallest absolute Gasteiger partial charge is 0.0701 e. The Kier molecular flexibility index (Phi) is 3.86. The first kappa shape index (κ1) is 14.3. The van der Waals surface area contributed by atoms with Gasteiger partial charge in [0.1, 0.15) is 0 Å². The Morgan fingerprint density at radius 2 is 1.21 bits per heavy atom. The fourth-order valence-corrected chi connectivity index (χ4v) is 2.86. The van der Waals surface area contributed by atoms with E-state index in [1.165, 1.54) is 26.9 Å². The molecule has 5 aromatic rings. The van der Waals surface area contributed by atoms with Gasteiger partial charge in [-0.15, -0.1) is 0 Å². The van der Waals surface area contributed by atoms with Crippen molar-refractivity contribution in [1.29, 1.82) is 0 Å². The summed E-state index contributed by atoms with van der Waals surface area (Å²) < 4.78 is 0. The van der Waals surface area contributed by atoms with Crippen molar-refractivity contribution >= 4 is 32.4 Å². The summed E-state index contributed by atoms with van der Waals surface area (Å²) >= 11 is 0. The zero-order valence-corrected chi connectivity index (χ0v) is 13.1. The normalized spacial score (nSPS) is 10.5. The monoisotopic (exact) mass is 308 g/mol. The Labute approximate surface area is 140 Å². The summed E-state index contributed by atoms with van der Waals surface area (Å²) in [5.41, 5.74) is 1.06. The third-order valence-electron chi connectivity index (χ3n) is 4.06. The van der Waals surface area contributed by atoms with Crippen LogP contribution in [0.5, 0.6) is 0 Å². The minimum atomic E-state index is 1.06. The van der Waals surface area contributed by atoms with E-state index < -0.39 is 0 Å². The number of pyridine rings is 2. The molecule has 2 heteroatoms. The predicted octanol–water partition coefficient (Wildman–Crippen LogP) is 5.62. The molecule has 0 atom stereocenters. The van der Waals surface area contributed by atoms with Gasteiger partial charge in [-0.3, -0.25) is 9.97 Å². The van der Waals surface area contributed by atoms with Gasteiger partial charge in [0.25, 0.3) is 0 Å². The molecule has 114 valence electrons. The van der Waals surface area contributed by atoms with Crippen LogP contribution in [0.4, 0.5) is 0 Å². The highest BCUT2D eigenvalue weighted by Gasteiger charge is 1.97. The predicted molar refractivity (Wildman–Crippen MR) is 101 cm³/mol. The first-order valence-corrected chi connectivity index (χ1v) is 7.93. The summed E-state index contributed by atoms with van der Waals surface area (Å²) in [7, 11) is 0. The lowest BCUT2D eigenvalue weighted by molar-refractivity contribution is 1.37. The molecule has 0 saturated carbocycles. The summed E-state index contributed by atoms with van der Waals surface area (Å²) in [6.45, 7) is 0. The van der Waals surface area contributed by atoms with Crippen molar-refractivity contribution < 1.29 is 0 Å². The van der Waals surface area contributed by atoms with Crippen molar-refractivity contribution in [3.63, 3.8) is 0 Å². The van der Waals surface area contributed by atoms with Crippen LogP contribution in [-0.2, 0) is 0 Å². The van der Waals surface area contributed by atoms with Crippen molar-refractivity contribution in [3.05, 3.63) is 97.5 Å². The maximum absolute atomic E-state index is 4.18. The van der Waals surface area contributed by atoms with Gasteiger partial charge >= 0.3 is 0 Å². The molecule has 0 unspecified atom stereocenters. The average Bonchev–Trinajstić information content (AvgIpc) is 2.68. The second-order valence-corrected chi connectivity index (χ2v) is 5.58. The van der Waals surface area contributed by atoms with Gasteiger partial charge in [-0.2, -0.15) is 0 Å². The molecule has 2 nitrogen and oxygen atoms in total. The number of rotatable bonds is 0. The van der Waals surface area contributed by atoms with Gasteiger partial charge in [0.05, 0.1) is 5.52 Å². The lowest BCUT2D eigenvalue weighted by atomic mass is 10.0. The molecule has 0 aliphatic rings. The molecule has 0 radical (unpaired) electrons. The van der Waals surface area contributed by atoms with E-state index in [1.54, 1.807) is 0 Å². The first-order valence-electron chi connectivity index (χ1n) is 7.93. The van der Waals surface area contributed by atoms with Crippen LogP contribution in [0, 0.1) is 0 Å². The number of para-hydroxylation sites is 1. The highest BCUT2D eigenvalue weighted by atomic mass is 14.6. The molecule has 5 rings (SSSR count). The van der Waals surface area contributed by atoms with Crippen molar-refractivity contribution in [2.24, 2.45) is 0 Å². The molecule has 0 amide bonds. The van der Waals surface area contributed by atoms with E-state index in [4.69, 9.17) is 0 Å². The molecular weight excluding hydrogens is 292 g/mol. The van der Waals surface area contributed by atoms with Crippen molar-refractivity contribution in [2.75, 3.05) is 0 Å². The maximum atomic E-state index is 4.18. The van der Waals surface area contributed by atoms with Crippen LogP contribution in [0.25, 0.3) is 32.4 Å². The molecule has 3 aromatic carbocycles. The second-order valence-electron chi connectivity index (χ2n) is 5.58. The van der Waals surface area contributed by atoms with Gasteiger partial charge in [-0.25, -0.2) is 0 Å². The third kappa shape index (κ3) is 2.82. The minimum Gasteiger partial charge on any atom is -0.264 e. The SMILES string of the molecule is c1ccc2c(c1)ccc1ccncc12.c1ccc2ncccc2c1.